The molecule has 3 fully saturated rings. The predicted molar refractivity (Wildman–Crippen MR) is 205 cm³/mol. The molecule has 0 saturated heterocycles. The van der Waals surface area contributed by atoms with Gasteiger partial charge in [-0.15, -0.1) is 0 Å². The Morgan fingerprint density at radius 1 is 0.778 bits per heavy atom. The zero-order valence-electron chi connectivity index (χ0n) is 28.9. The van der Waals surface area contributed by atoms with E-state index in [0.29, 0.717) is 6.04 Å². The summed E-state index contributed by atoms with van der Waals surface area (Å²) in [6.45, 7) is 11.5. The summed E-state index contributed by atoms with van der Waals surface area (Å²) in [7, 11) is 11.3. The van der Waals surface area contributed by atoms with Crippen molar-refractivity contribution < 1.29 is 13.5 Å². The van der Waals surface area contributed by atoms with E-state index >= 15 is 0 Å². The normalized spacial score (nSPS) is 27.3. The molecule has 1 unspecified atom stereocenters. The SMILES string of the molecule is C1CCC([PH+](C2CCCCC2)C2CCCCC2)CC1.CC1=C[C@@H](C)CC(C)[C@H]1N1[CH-]SC(C)=C1C.[Cl][Ru]([Cl])=[CH]c1ccccc1. The van der Waals surface area contributed by atoms with Crippen molar-refractivity contribution in [3.8, 4) is 0 Å². The molecule has 3 atom stereocenters. The minimum atomic E-state index is -1.61. The van der Waals surface area contributed by atoms with Crippen LogP contribution in [0.15, 0.2) is 52.6 Å². The summed E-state index contributed by atoms with van der Waals surface area (Å²) >= 11 is 0.250. The molecule has 4 aliphatic carbocycles. The monoisotopic (exact) mass is 779 g/mol. The Labute approximate surface area is 296 Å². The second kappa shape index (κ2) is 20.1. The Bertz CT molecular complexity index is 1060. The first kappa shape index (κ1) is 38.2. The van der Waals surface area contributed by atoms with Gasteiger partial charge in [0.05, 0.1) is 17.0 Å². The Balaban J connectivity index is 0.000000161. The van der Waals surface area contributed by atoms with Gasteiger partial charge in [-0.1, -0.05) is 44.8 Å². The molecular formula is C39H62Cl2NPRuS. The molecule has 3 saturated carbocycles. The van der Waals surface area contributed by atoms with Crippen LogP contribution in [0.5, 0.6) is 0 Å². The maximum absolute atomic E-state index is 5.67. The van der Waals surface area contributed by atoms with E-state index in [-0.39, 0.29) is 7.92 Å². The Kier molecular flexibility index (Phi) is 17.1. The standard InChI is InChI=1S/C18H33P.C14H22NS.C7H6.2ClH.Ru/c1-4-10-16(11-5-1)19(17-12-6-2-7-13-17)18-14-8-3-9-15-18;1-9-6-10(2)14(11(3)7-9)15-8-16-13(5)12(15)4;1-7-5-3-2-4-6-7;;;/h16-18H,1-15H2;6,8-9,11,14H,7H2,1-5H3;1-6H;2*1H;/q;-1;;;;+2/p-1/t;9-,11?,14+;;;;/m.1..../s1. The van der Waals surface area contributed by atoms with Gasteiger partial charge in [0.2, 0.25) is 0 Å². The summed E-state index contributed by atoms with van der Waals surface area (Å²) < 4.78 is 1.92. The Morgan fingerprint density at radius 3 is 1.67 bits per heavy atom. The fraction of sp³-hybridized carbons (Fsp3) is 0.692. The minimum absolute atomic E-state index is 0.0465. The molecule has 0 radical (unpaired) electrons. The number of rotatable bonds is 5. The van der Waals surface area contributed by atoms with Gasteiger partial charge in [0, 0.05) is 14.0 Å². The first-order valence-electron chi connectivity index (χ1n) is 18.1. The van der Waals surface area contributed by atoms with Crippen LogP contribution in [0.1, 0.15) is 143 Å². The van der Waals surface area contributed by atoms with Crippen molar-refractivity contribution in [3.63, 3.8) is 0 Å². The van der Waals surface area contributed by atoms with Crippen LogP contribution in [0, 0.1) is 17.7 Å². The Hall–Kier alpha value is 0.353. The number of nitrogens with zero attached hydrogens (tertiary/aromatic N) is 1. The van der Waals surface area contributed by atoms with Crippen LogP contribution in [0.25, 0.3) is 0 Å². The summed E-state index contributed by atoms with van der Waals surface area (Å²) in [6, 6.07) is 10.5. The maximum atomic E-state index is 5.67. The number of benzene rings is 1. The first-order chi connectivity index (χ1) is 21.7. The molecule has 1 aliphatic heterocycles. The summed E-state index contributed by atoms with van der Waals surface area (Å²) in [5, 5.41) is 0. The van der Waals surface area contributed by atoms with Gasteiger partial charge in [-0.05, 0) is 127 Å². The second-order valence-electron chi connectivity index (χ2n) is 14.5. The molecule has 0 N–H and O–H groups in total. The third-order valence-electron chi connectivity index (χ3n) is 11.1. The van der Waals surface area contributed by atoms with E-state index in [9.17, 15) is 0 Å². The van der Waals surface area contributed by atoms with Crippen LogP contribution >= 0.6 is 39.1 Å². The fourth-order valence-electron chi connectivity index (χ4n) is 8.95. The molecule has 0 bridgehead atoms. The van der Waals surface area contributed by atoms with Crippen LogP contribution in [0.4, 0.5) is 0 Å². The van der Waals surface area contributed by atoms with Crippen molar-refractivity contribution in [3.05, 3.63) is 64.0 Å². The van der Waals surface area contributed by atoms with Crippen LogP contribution in [-0.4, -0.2) is 32.5 Å². The molecule has 45 heavy (non-hydrogen) atoms. The number of halogens is 2. The van der Waals surface area contributed by atoms with E-state index in [1.54, 1.807) is 96.3 Å². The van der Waals surface area contributed by atoms with Gasteiger partial charge in [0.15, 0.2) is 0 Å². The Morgan fingerprint density at radius 2 is 1.27 bits per heavy atom. The van der Waals surface area contributed by atoms with Gasteiger partial charge < -0.3 is 4.90 Å². The molecular weight excluding hydrogens is 717 g/mol. The summed E-state index contributed by atoms with van der Waals surface area (Å²) in [6.07, 6.45) is 27.5. The van der Waals surface area contributed by atoms with Crippen molar-refractivity contribution in [2.45, 2.75) is 160 Å². The zero-order valence-corrected chi connectivity index (χ0v) is 33.9. The third-order valence-corrected chi connectivity index (χ3v) is 18.5. The van der Waals surface area contributed by atoms with Crippen molar-refractivity contribution in [2.75, 3.05) is 0 Å². The molecule has 0 amide bonds. The van der Waals surface area contributed by atoms with Crippen molar-refractivity contribution in [1.82, 2.24) is 4.90 Å². The molecule has 6 rings (SSSR count). The number of thioether (sulfide) groups is 1. The van der Waals surface area contributed by atoms with E-state index in [2.05, 4.69) is 51.5 Å². The summed E-state index contributed by atoms with van der Waals surface area (Å²) in [4.78, 5) is 3.92. The van der Waals surface area contributed by atoms with E-state index in [1.807, 2.05) is 46.7 Å². The molecule has 0 aromatic heterocycles. The average Bonchev–Trinajstić information content (AvgIpc) is 3.36. The van der Waals surface area contributed by atoms with Crippen LogP contribution in [0.3, 0.4) is 0 Å². The molecule has 1 nitrogen and oxygen atoms in total. The molecule has 1 aromatic rings. The molecule has 0 spiro atoms. The number of allylic oxidation sites excluding steroid dienone is 3. The first-order valence-corrected chi connectivity index (χ1v) is 26.2. The van der Waals surface area contributed by atoms with Crippen LogP contribution in [-0.2, 0) is 13.5 Å². The van der Waals surface area contributed by atoms with Crippen molar-refractivity contribution >= 4 is 43.7 Å². The molecule has 5 aliphatic rings. The average molecular weight is 780 g/mol. The van der Waals surface area contributed by atoms with Crippen LogP contribution < -0.4 is 0 Å². The van der Waals surface area contributed by atoms with Gasteiger partial charge in [0.1, 0.15) is 0 Å². The molecule has 6 heteroatoms. The summed E-state index contributed by atoms with van der Waals surface area (Å²) in [5.41, 5.74) is 7.77. The van der Waals surface area contributed by atoms with Crippen LogP contribution in [0.2, 0.25) is 0 Å². The predicted octanol–water partition coefficient (Wildman–Crippen LogP) is 13.4. The van der Waals surface area contributed by atoms with Gasteiger partial charge >= 0.3 is 73.4 Å². The van der Waals surface area contributed by atoms with E-state index < -0.39 is 13.5 Å². The molecule has 1 aromatic carbocycles. The van der Waals surface area contributed by atoms with Crippen molar-refractivity contribution in [2.24, 2.45) is 11.8 Å². The number of hydrogen-bond acceptors (Lipinski definition) is 2. The topological polar surface area (TPSA) is 3.24 Å². The van der Waals surface area contributed by atoms with E-state index in [4.69, 9.17) is 19.4 Å². The number of hydrogen-bond donors (Lipinski definition) is 0. The van der Waals surface area contributed by atoms with E-state index in [1.165, 1.54) is 39.6 Å². The second-order valence-corrected chi connectivity index (χ2v) is 24.8. The van der Waals surface area contributed by atoms with Gasteiger partial charge in [-0.2, -0.15) is 5.88 Å². The van der Waals surface area contributed by atoms with E-state index in [0.717, 1.165) is 17.4 Å². The molecule has 1 heterocycles. The third kappa shape index (κ3) is 12.0. The summed E-state index contributed by atoms with van der Waals surface area (Å²) in [5.74, 6) is 3.78. The van der Waals surface area contributed by atoms with Crippen molar-refractivity contribution in [1.29, 1.82) is 0 Å². The fourth-order valence-corrected chi connectivity index (χ4v) is 16.8. The zero-order chi connectivity index (χ0) is 32.2. The van der Waals surface area contributed by atoms with Gasteiger partial charge in [0.25, 0.3) is 0 Å². The van der Waals surface area contributed by atoms with Gasteiger partial charge in [-0.3, -0.25) is 11.8 Å². The van der Waals surface area contributed by atoms with Gasteiger partial charge in [-0.25, -0.2) is 0 Å². The quantitative estimate of drug-likeness (QED) is 0.127. The molecule has 256 valence electrons.